The van der Waals surface area contributed by atoms with Crippen LogP contribution in [0.5, 0.6) is 23.0 Å². The van der Waals surface area contributed by atoms with E-state index in [1.165, 1.54) is 45.6 Å². The van der Waals surface area contributed by atoms with E-state index in [9.17, 15) is 27.9 Å². The number of nitrogens with zero attached hydrogens (tertiary/aromatic N) is 1. The fraction of sp³-hybridized carbons (Fsp3) is 0.185. The molecule has 198 valence electrons. The monoisotopic (exact) mass is 529 g/mol. The summed E-state index contributed by atoms with van der Waals surface area (Å²) in [5.74, 6) is -1.95. The molecule has 4 rings (SSSR count). The van der Waals surface area contributed by atoms with Crippen LogP contribution in [0.2, 0.25) is 0 Å². The highest BCUT2D eigenvalue weighted by atomic mass is 19.4. The van der Waals surface area contributed by atoms with Gasteiger partial charge in [-0.15, -0.1) is 13.2 Å². The molecular formula is C27H22F3NO7. The van der Waals surface area contributed by atoms with Crippen molar-refractivity contribution in [3.63, 3.8) is 0 Å². The smallest absolute Gasteiger partial charge is 0.507 e. The molecule has 0 bridgehead atoms. The molecule has 38 heavy (non-hydrogen) atoms. The van der Waals surface area contributed by atoms with Gasteiger partial charge in [-0.1, -0.05) is 12.1 Å². The number of methoxy groups -OCH3 is 3. The average molecular weight is 529 g/mol. The summed E-state index contributed by atoms with van der Waals surface area (Å²) < 4.78 is 57.6. The molecular weight excluding hydrogens is 507 g/mol. The lowest BCUT2D eigenvalue weighted by Crippen LogP contribution is -2.29. The molecule has 1 aliphatic rings. The highest BCUT2D eigenvalue weighted by Crippen LogP contribution is 2.44. The largest absolute Gasteiger partial charge is 0.573 e. The van der Waals surface area contributed by atoms with Crippen molar-refractivity contribution in [2.45, 2.75) is 12.4 Å². The molecule has 1 atom stereocenters. The number of rotatable bonds is 7. The van der Waals surface area contributed by atoms with Gasteiger partial charge in [0.2, 0.25) is 0 Å². The third kappa shape index (κ3) is 5.08. The first-order valence-corrected chi connectivity index (χ1v) is 11.1. The number of benzene rings is 3. The van der Waals surface area contributed by atoms with E-state index in [0.717, 1.165) is 17.0 Å². The minimum atomic E-state index is -4.90. The van der Waals surface area contributed by atoms with Crippen LogP contribution in [0.4, 0.5) is 18.9 Å². The number of carbonyl (C=O) groups excluding carboxylic acids is 2. The van der Waals surface area contributed by atoms with Crippen LogP contribution in [-0.4, -0.2) is 44.5 Å². The van der Waals surface area contributed by atoms with Crippen molar-refractivity contribution < 1.29 is 46.8 Å². The summed E-state index contributed by atoms with van der Waals surface area (Å²) in [6.45, 7) is 0. The molecule has 0 aromatic heterocycles. The standard InChI is InChI=1S/C27H22F3NO7/c1-35-18-6-4-5-15(13-18)23-22(24(32)20-12-11-19(36-2)14-21(20)37-3)25(33)26(34)31(23)16-7-9-17(10-8-16)38-27(28,29)30/h4-14,23,32H,1-3H3/b24-22-. The summed E-state index contributed by atoms with van der Waals surface area (Å²) in [7, 11) is 4.26. The molecule has 0 aliphatic carbocycles. The average Bonchev–Trinajstić information content (AvgIpc) is 3.17. The van der Waals surface area contributed by atoms with Gasteiger partial charge < -0.3 is 24.1 Å². The van der Waals surface area contributed by atoms with Crippen LogP contribution in [0.1, 0.15) is 17.2 Å². The lowest BCUT2D eigenvalue weighted by Gasteiger charge is -2.26. The van der Waals surface area contributed by atoms with E-state index in [-0.39, 0.29) is 22.6 Å². The summed E-state index contributed by atoms with van der Waals surface area (Å²) in [5.41, 5.74) is 0.402. The first kappa shape index (κ1) is 26.4. The fourth-order valence-corrected chi connectivity index (χ4v) is 4.17. The van der Waals surface area contributed by atoms with E-state index < -0.39 is 35.6 Å². The number of aliphatic hydroxyl groups excluding tert-OH is 1. The first-order valence-electron chi connectivity index (χ1n) is 11.1. The lowest BCUT2D eigenvalue weighted by atomic mass is 9.94. The Morgan fingerprint density at radius 2 is 1.47 bits per heavy atom. The van der Waals surface area contributed by atoms with E-state index in [0.29, 0.717) is 17.1 Å². The second-order valence-corrected chi connectivity index (χ2v) is 8.05. The summed E-state index contributed by atoms with van der Waals surface area (Å²) in [5, 5.41) is 11.4. The van der Waals surface area contributed by atoms with E-state index >= 15 is 0 Å². The Hall–Kier alpha value is -4.67. The van der Waals surface area contributed by atoms with Gasteiger partial charge >= 0.3 is 6.36 Å². The Labute approximate surface area is 215 Å². The number of alkyl halides is 3. The van der Waals surface area contributed by atoms with E-state index in [1.807, 2.05) is 0 Å². The van der Waals surface area contributed by atoms with Crippen molar-refractivity contribution in [2.75, 3.05) is 26.2 Å². The summed E-state index contributed by atoms with van der Waals surface area (Å²) in [4.78, 5) is 27.7. The van der Waals surface area contributed by atoms with Crippen LogP contribution in [0.25, 0.3) is 5.76 Å². The summed E-state index contributed by atoms with van der Waals surface area (Å²) in [6, 6.07) is 14.4. The molecule has 1 amide bonds. The number of amides is 1. The molecule has 1 N–H and O–H groups in total. The van der Waals surface area contributed by atoms with E-state index in [4.69, 9.17) is 14.2 Å². The number of ketones is 1. The molecule has 3 aromatic carbocycles. The van der Waals surface area contributed by atoms with Crippen LogP contribution < -0.4 is 23.8 Å². The third-order valence-electron chi connectivity index (χ3n) is 5.87. The maximum Gasteiger partial charge on any atom is 0.573 e. The number of ether oxygens (including phenoxy) is 4. The molecule has 8 nitrogen and oxygen atoms in total. The quantitative estimate of drug-likeness (QED) is 0.254. The van der Waals surface area contributed by atoms with Crippen LogP contribution in [0.15, 0.2) is 72.3 Å². The summed E-state index contributed by atoms with van der Waals surface area (Å²) in [6.07, 6.45) is -4.90. The van der Waals surface area contributed by atoms with Gasteiger partial charge in [0.25, 0.3) is 11.7 Å². The molecule has 0 radical (unpaired) electrons. The fourth-order valence-electron chi connectivity index (χ4n) is 4.17. The Bertz CT molecular complexity index is 1400. The van der Waals surface area contributed by atoms with E-state index in [2.05, 4.69) is 4.74 Å². The van der Waals surface area contributed by atoms with Crippen LogP contribution in [-0.2, 0) is 9.59 Å². The van der Waals surface area contributed by atoms with Gasteiger partial charge in [0.15, 0.2) is 0 Å². The number of halogens is 3. The minimum Gasteiger partial charge on any atom is -0.507 e. The molecule has 1 unspecified atom stereocenters. The van der Waals surface area contributed by atoms with Gasteiger partial charge in [-0.25, -0.2) is 0 Å². The molecule has 11 heteroatoms. The predicted octanol–water partition coefficient (Wildman–Crippen LogP) is 5.24. The van der Waals surface area contributed by atoms with Crippen LogP contribution >= 0.6 is 0 Å². The zero-order valence-corrected chi connectivity index (χ0v) is 20.4. The Kier molecular flexibility index (Phi) is 7.20. The second kappa shape index (κ2) is 10.4. The zero-order valence-electron chi connectivity index (χ0n) is 20.4. The first-order chi connectivity index (χ1) is 18.1. The van der Waals surface area contributed by atoms with Crippen molar-refractivity contribution in [1.29, 1.82) is 0 Å². The number of hydrogen-bond donors (Lipinski definition) is 1. The minimum absolute atomic E-state index is 0.107. The van der Waals surface area contributed by atoms with Crippen molar-refractivity contribution in [2.24, 2.45) is 0 Å². The molecule has 0 spiro atoms. The molecule has 0 saturated carbocycles. The van der Waals surface area contributed by atoms with Gasteiger partial charge in [-0.2, -0.15) is 0 Å². The Morgan fingerprint density at radius 3 is 2.08 bits per heavy atom. The number of carbonyl (C=O) groups is 2. The topological polar surface area (TPSA) is 94.5 Å². The van der Waals surface area contributed by atoms with Gasteiger partial charge in [-0.3, -0.25) is 14.5 Å². The third-order valence-corrected chi connectivity index (χ3v) is 5.87. The summed E-state index contributed by atoms with van der Waals surface area (Å²) >= 11 is 0. The molecule has 1 heterocycles. The Morgan fingerprint density at radius 1 is 0.842 bits per heavy atom. The van der Waals surface area contributed by atoms with Gasteiger partial charge in [0.05, 0.1) is 38.5 Å². The maximum atomic E-state index is 13.3. The maximum absolute atomic E-state index is 13.3. The van der Waals surface area contributed by atoms with Gasteiger partial charge in [0, 0.05) is 11.8 Å². The molecule has 1 fully saturated rings. The molecule has 1 aliphatic heterocycles. The van der Waals surface area contributed by atoms with Crippen LogP contribution in [0.3, 0.4) is 0 Å². The van der Waals surface area contributed by atoms with Gasteiger partial charge in [0.1, 0.15) is 28.8 Å². The van der Waals surface area contributed by atoms with Crippen molar-refractivity contribution in [1.82, 2.24) is 0 Å². The number of Topliss-reactive ketones (excluding diaryl/α,β-unsaturated/α-hetero) is 1. The number of aliphatic hydroxyl groups is 1. The lowest BCUT2D eigenvalue weighted by molar-refractivity contribution is -0.274. The molecule has 3 aromatic rings. The van der Waals surface area contributed by atoms with Crippen molar-refractivity contribution in [3.8, 4) is 23.0 Å². The zero-order chi connectivity index (χ0) is 27.6. The number of anilines is 1. The number of hydrogen-bond acceptors (Lipinski definition) is 7. The van der Waals surface area contributed by atoms with Crippen molar-refractivity contribution in [3.05, 3.63) is 83.4 Å². The normalized spacial score (nSPS) is 16.9. The molecule has 1 saturated heterocycles. The predicted molar refractivity (Wildman–Crippen MR) is 130 cm³/mol. The Balaban J connectivity index is 1.90. The second-order valence-electron chi connectivity index (χ2n) is 8.05. The van der Waals surface area contributed by atoms with Crippen molar-refractivity contribution >= 4 is 23.1 Å². The van der Waals surface area contributed by atoms with Crippen LogP contribution in [0, 0.1) is 0 Å². The highest BCUT2D eigenvalue weighted by molar-refractivity contribution is 6.51. The SMILES string of the molecule is COc1cccc(C2/C(=C(/O)c3ccc(OC)cc3OC)C(=O)C(=O)N2c2ccc(OC(F)(F)F)cc2)c1. The highest BCUT2D eigenvalue weighted by Gasteiger charge is 2.47. The van der Waals surface area contributed by atoms with Gasteiger partial charge in [-0.05, 0) is 54.1 Å². The van der Waals surface area contributed by atoms with E-state index in [1.54, 1.807) is 30.3 Å².